The highest BCUT2D eigenvalue weighted by atomic mass is 35.5. The van der Waals surface area contributed by atoms with Gasteiger partial charge in [0.15, 0.2) is 13.1 Å². The van der Waals surface area contributed by atoms with E-state index in [4.69, 9.17) is 24.7 Å². The van der Waals surface area contributed by atoms with Crippen molar-refractivity contribution in [2.75, 3.05) is 74.1 Å². The van der Waals surface area contributed by atoms with Gasteiger partial charge in [-0.2, -0.15) is 0 Å². The van der Waals surface area contributed by atoms with Gasteiger partial charge in [-0.1, -0.05) is 154 Å². The molecule has 0 spiro atoms. The lowest BCUT2D eigenvalue weighted by Gasteiger charge is -2.30. The summed E-state index contributed by atoms with van der Waals surface area (Å²) in [5.74, 6) is -1.41. The summed E-state index contributed by atoms with van der Waals surface area (Å²) >= 11 is 0. The molecule has 0 aromatic rings. The maximum Gasteiger partial charge on any atom is 0.362 e. The molecule has 0 radical (unpaired) electrons. The van der Waals surface area contributed by atoms with E-state index in [1.54, 1.807) is 0 Å². The molecule has 4 atom stereocenters. The second-order valence-corrected chi connectivity index (χ2v) is 22.8. The number of hydrogen-bond donors (Lipinski definition) is 4. The number of ether oxygens (including phenoxy) is 4. The maximum absolute atomic E-state index is 12.7. The van der Waals surface area contributed by atoms with Crippen LogP contribution < -0.4 is 35.9 Å². The Morgan fingerprint density at radius 1 is 0.487 bits per heavy atom. The van der Waals surface area contributed by atoms with Gasteiger partial charge in [0.2, 0.25) is 11.8 Å². The number of likely N-dealkylation sites (N-methyl/N-ethyl adjacent to an activating group) is 2. The number of amides is 2. The molecule has 472 valence electrons. The number of rotatable bonds is 51. The summed E-state index contributed by atoms with van der Waals surface area (Å²) in [7, 11) is 7.56. The Morgan fingerprint density at radius 3 is 1.23 bits per heavy atom. The summed E-state index contributed by atoms with van der Waals surface area (Å²) in [6, 6.07) is 0. The summed E-state index contributed by atoms with van der Waals surface area (Å²) in [6.45, 7) is 11.8. The van der Waals surface area contributed by atoms with E-state index in [-0.39, 0.29) is 86.8 Å². The number of nitrogens with two attached hydrogens (primary N) is 1. The molecule has 0 aromatic heterocycles. The van der Waals surface area contributed by atoms with Gasteiger partial charge in [0.1, 0.15) is 38.5 Å². The van der Waals surface area contributed by atoms with Crippen LogP contribution in [-0.2, 0) is 47.7 Å². The van der Waals surface area contributed by atoms with Crippen molar-refractivity contribution >= 4 is 35.7 Å². The normalized spacial score (nSPS) is 13.0. The Morgan fingerprint density at radius 2 is 0.838 bits per heavy atom. The molecule has 5 N–H and O–H groups in total. The van der Waals surface area contributed by atoms with Gasteiger partial charge in [-0.25, -0.2) is 9.59 Å². The lowest BCUT2D eigenvalue weighted by Crippen LogP contribution is -3.00. The first-order chi connectivity index (χ1) is 37.2. The lowest BCUT2D eigenvalue weighted by atomic mass is 10.0. The lowest BCUT2D eigenvalue weighted by molar-refractivity contribution is -0.883. The Bertz CT molecular complexity index is 1600. The van der Waals surface area contributed by atoms with Crippen molar-refractivity contribution < 1.29 is 91.7 Å². The number of hydrogen-bond acceptors (Lipinski definition) is 12. The Balaban J connectivity index is -0.000000726. The molecule has 80 heavy (non-hydrogen) atoms. The number of nitrogens with zero attached hydrogens (tertiary/aromatic N) is 2. The molecule has 0 fully saturated rings. The third-order valence-electron chi connectivity index (χ3n) is 13.7. The summed E-state index contributed by atoms with van der Waals surface area (Å²) in [6.07, 6.45) is 37.6. The molecule has 4 unspecified atom stereocenters. The van der Waals surface area contributed by atoms with Crippen LogP contribution in [0.3, 0.4) is 0 Å². The molecule has 0 saturated carbocycles. The van der Waals surface area contributed by atoms with Crippen LogP contribution in [0, 0.1) is 0 Å². The first kappa shape index (κ1) is 83.2. The zero-order valence-corrected chi connectivity index (χ0v) is 53.4. The monoisotopic (exact) mass is 1180 g/mol. The zero-order chi connectivity index (χ0) is 58.7. The Labute approximate surface area is 499 Å². The topological polar surface area (TPSA) is 218 Å². The van der Waals surface area contributed by atoms with Crippen molar-refractivity contribution in [1.29, 1.82) is 0 Å². The number of aliphatic hydroxyl groups excluding tert-OH is 2. The fourth-order valence-corrected chi connectivity index (χ4v) is 8.75. The predicted octanol–water partition coefficient (Wildman–Crippen LogP) is 5.06. The fourth-order valence-electron chi connectivity index (χ4n) is 8.75. The third kappa shape index (κ3) is 57.9. The molecule has 0 saturated heterocycles. The van der Waals surface area contributed by atoms with Crippen LogP contribution in [0.2, 0.25) is 0 Å². The first-order valence-electron chi connectivity index (χ1n) is 30.7. The van der Waals surface area contributed by atoms with Crippen molar-refractivity contribution in [3.63, 3.8) is 0 Å². The molecule has 16 nitrogen and oxygen atoms in total. The molecule has 0 aliphatic heterocycles. The van der Waals surface area contributed by atoms with Gasteiger partial charge in [0, 0.05) is 33.2 Å². The highest BCUT2D eigenvalue weighted by Crippen LogP contribution is 2.18. The van der Waals surface area contributed by atoms with Gasteiger partial charge in [-0.3, -0.25) is 19.2 Å². The van der Waals surface area contributed by atoms with E-state index < -0.39 is 24.4 Å². The van der Waals surface area contributed by atoms with E-state index in [1.165, 1.54) is 58.8 Å². The number of carbonyl (C=O) groups is 6. The average Bonchev–Trinajstić information content (AvgIpc) is 3.35. The van der Waals surface area contributed by atoms with Gasteiger partial charge in [-0.15, -0.1) is 0 Å². The number of halogens is 2. The molecule has 0 aliphatic rings. The molecule has 0 aliphatic carbocycles. The van der Waals surface area contributed by atoms with E-state index in [2.05, 4.69) is 38.2 Å². The van der Waals surface area contributed by atoms with E-state index in [0.29, 0.717) is 60.6 Å². The number of esters is 4. The summed E-state index contributed by atoms with van der Waals surface area (Å²) < 4.78 is 22.1. The van der Waals surface area contributed by atoms with Crippen LogP contribution >= 0.6 is 0 Å². The quantitative estimate of drug-likeness (QED) is 0.0207. The van der Waals surface area contributed by atoms with Gasteiger partial charge < -0.3 is 74.0 Å². The van der Waals surface area contributed by atoms with E-state index in [1.807, 2.05) is 40.3 Å². The van der Waals surface area contributed by atoms with Crippen molar-refractivity contribution in [2.24, 2.45) is 5.73 Å². The SMILES string of the molecule is CCCCCC(OC(=O)C[N+](C)(C)CCOC(C)=O)C(O)C/C=C\CCCCCCCC(N)=O.CCCCCCCCCCNC(=O)CCCCCCC/C=C\CC(O)C(CCCCC)OC(=O)C[N+](C)(C)CCOC(C)=O.[Cl-].[Cl-]. The number of nitrogens with one attached hydrogen (secondary N) is 1. The Kier molecular flexibility index (Phi) is 58.4. The third-order valence-corrected chi connectivity index (χ3v) is 13.7. The van der Waals surface area contributed by atoms with Gasteiger partial charge in [-0.05, 0) is 83.5 Å². The van der Waals surface area contributed by atoms with E-state index in [0.717, 1.165) is 129 Å². The van der Waals surface area contributed by atoms with Crippen LogP contribution in [0.15, 0.2) is 24.3 Å². The largest absolute Gasteiger partial charge is 1.00 e. The minimum atomic E-state index is -0.734. The molecule has 0 rings (SSSR count). The molecular weight excluding hydrogens is 1060 g/mol. The van der Waals surface area contributed by atoms with Gasteiger partial charge in [0.25, 0.3) is 0 Å². The van der Waals surface area contributed by atoms with Crippen molar-refractivity contribution in [1.82, 2.24) is 5.32 Å². The molecule has 0 aromatic carbocycles. The number of primary amides is 1. The molecule has 0 heterocycles. The van der Waals surface area contributed by atoms with Crippen LogP contribution in [0.25, 0.3) is 0 Å². The summed E-state index contributed by atoms with van der Waals surface area (Å²) in [5.41, 5.74) is 5.14. The smallest absolute Gasteiger partial charge is 0.362 e. The highest BCUT2D eigenvalue weighted by Gasteiger charge is 2.29. The molecule has 0 bridgehead atoms. The van der Waals surface area contributed by atoms with Crippen LogP contribution in [0.5, 0.6) is 0 Å². The standard InChI is InChI=1S/C36H68N2O6.C26H48N2O6.2ClH/c1-6-8-10-11-12-17-20-24-28-37-35(41)27-23-19-16-14-13-15-18-22-25-33(40)34(26-21-9-7-2)44-36(42)31-38(4,5)29-30-43-32(3)39;1-5-6-13-17-24(34-26(32)21-28(3,4)19-20-33-22(2)29)23(30)16-14-11-9-7-8-10-12-15-18-25(27)31;;/h18,22,33-34,40H,6-17,19-21,23-31H2,1-5H3;11,14,23-24,30H,5-10,12-13,15-21H2,1-4H3,(H-,27,31);2*1H/b22-18-;14-11-;;. The van der Waals surface area contributed by atoms with Gasteiger partial charge >= 0.3 is 23.9 Å². The molecule has 2 amide bonds. The van der Waals surface area contributed by atoms with Crippen LogP contribution in [0.1, 0.15) is 240 Å². The van der Waals surface area contributed by atoms with E-state index in [9.17, 15) is 39.0 Å². The number of unbranched alkanes of at least 4 members (excludes halogenated alkanes) is 21. The average molecular weight is 1180 g/mol. The summed E-state index contributed by atoms with van der Waals surface area (Å²) in [4.78, 5) is 70.0. The zero-order valence-electron chi connectivity index (χ0n) is 51.9. The van der Waals surface area contributed by atoms with Crippen molar-refractivity contribution in [3.05, 3.63) is 24.3 Å². The fraction of sp³-hybridized carbons (Fsp3) is 0.839. The molecular formula is C62H118Cl2N4O12. The highest BCUT2D eigenvalue weighted by molar-refractivity contribution is 5.75. The number of aliphatic hydroxyl groups is 2. The van der Waals surface area contributed by atoms with Crippen LogP contribution in [-0.4, -0.2) is 153 Å². The number of carbonyl (C=O) groups excluding carboxylic acids is 6. The first-order valence-corrected chi connectivity index (χ1v) is 30.7. The van der Waals surface area contributed by atoms with Crippen molar-refractivity contribution in [3.8, 4) is 0 Å². The number of quaternary nitrogens is 2. The predicted molar refractivity (Wildman–Crippen MR) is 314 cm³/mol. The van der Waals surface area contributed by atoms with E-state index >= 15 is 0 Å². The second kappa shape index (κ2) is 56.2. The Hall–Kier alpha value is -3.28. The maximum atomic E-state index is 12.7. The molecule has 18 heteroatoms. The number of allylic oxidation sites excluding steroid dienone is 2. The van der Waals surface area contributed by atoms with Crippen LogP contribution in [0.4, 0.5) is 0 Å². The minimum Gasteiger partial charge on any atom is -1.00 e. The van der Waals surface area contributed by atoms with Crippen molar-refractivity contribution in [2.45, 2.75) is 265 Å². The second-order valence-electron chi connectivity index (χ2n) is 22.8. The summed E-state index contributed by atoms with van der Waals surface area (Å²) in [5, 5.41) is 24.6. The van der Waals surface area contributed by atoms with Gasteiger partial charge in [0.05, 0.1) is 40.4 Å². The minimum absolute atomic E-state index is 0.